The summed E-state index contributed by atoms with van der Waals surface area (Å²) in [5.74, 6) is -3.31. The van der Waals surface area contributed by atoms with Crippen LogP contribution in [-0.4, -0.2) is 34.6 Å². The van der Waals surface area contributed by atoms with Gasteiger partial charge in [0.05, 0.1) is 25.5 Å². The Morgan fingerprint density at radius 1 is 1.09 bits per heavy atom. The van der Waals surface area contributed by atoms with Gasteiger partial charge in [0.15, 0.2) is 5.82 Å². The summed E-state index contributed by atoms with van der Waals surface area (Å²) in [6.07, 6.45) is 3.85. The minimum atomic E-state index is -4.41. The lowest BCUT2D eigenvalue weighted by Gasteiger charge is -2.20. The number of nitrogens with two attached hydrogens (primary N) is 1. The minimum absolute atomic E-state index is 0.0131. The Bertz CT molecular complexity index is 1390. The van der Waals surface area contributed by atoms with E-state index in [9.17, 15) is 17.6 Å². The van der Waals surface area contributed by atoms with Crippen molar-refractivity contribution in [2.45, 2.75) is 11.1 Å². The van der Waals surface area contributed by atoms with Crippen LogP contribution >= 0.6 is 0 Å². The predicted molar refractivity (Wildman–Crippen MR) is 120 cm³/mol. The van der Waals surface area contributed by atoms with Gasteiger partial charge in [-0.2, -0.15) is 0 Å². The highest BCUT2D eigenvalue weighted by atomic mass is 32.2. The van der Waals surface area contributed by atoms with Gasteiger partial charge >= 0.3 is 0 Å². The van der Waals surface area contributed by atoms with Crippen molar-refractivity contribution >= 4 is 21.5 Å². The summed E-state index contributed by atoms with van der Waals surface area (Å²) in [5, 5.41) is 5.78. The molecule has 4 rings (SSSR count). The number of halogens is 2. The number of dihydropyridines is 1. The fraction of sp³-hybridized carbons (Fsp3) is 0.136. The molecule has 12 heteroatoms. The van der Waals surface area contributed by atoms with Gasteiger partial charge in [-0.3, -0.25) is 9.52 Å². The highest BCUT2D eigenvalue weighted by Gasteiger charge is 2.33. The van der Waals surface area contributed by atoms with Crippen molar-refractivity contribution in [2.75, 3.05) is 18.9 Å². The molecule has 0 fully saturated rings. The average molecular weight is 490 g/mol. The Hall–Kier alpha value is -4.06. The predicted octanol–water partition coefficient (Wildman–Crippen LogP) is 2.11. The number of rotatable bonds is 7. The van der Waals surface area contributed by atoms with Crippen LogP contribution in [0.15, 0.2) is 70.5 Å². The van der Waals surface area contributed by atoms with Crippen molar-refractivity contribution in [1.82, 2.24) is 10.6 Å². The zero-order valence-corrected chi connectivity index (χ0v) is 18.8. The summed E-state index contributed by atoms with van der Waals surface area (Å²) < 4.78 is 68.1. The molecule has 34 heavy (non-hydrogen) atoms. The Morgan fingerprint density at radius 2 is 1.82 bits per heavy atom. The lowest BCUT2D eigenvalue weighted by molar-refractivity contribution is 0.102. The van der Waals surface area contributed by atoms with E-state index in [1.165, 1.54) is 50.9 Å². The van der Waals surface area contributed by atoms with Gasteiger partial charge in [-0.25, -0.2) is 17.2 Å². The number of hydrogen-bond acceptors (Lipinski definition) is 8. The molecule has 0 aromatic heterocycles. The molecule has 1 atom stereocenters. The number of carbonyl (C=O) groups is 1. The number of methoxy groups -OCH3 is 2. The van der Waals surface area contributed by atoms with Gasteiger partial charge in [0.1, 0.15) is 28.4 Å². The van der Waals surface area contributed by atoms with Crippen LogP contribution in [0.25, 0.3) is 0 Å². The van der Waals surface area contributed by atoms with Crippen molar-refractivity contribution in [3.05, 3.63) is 82.8 Å². The Balaban J connectivity index is 1.72. The first-order chi connectivity index (χ1) is 16.2. The molecule has 2 aliphatic heterocycles. The third-order valence-electron chi connectivity index (χ3n) is 5.22. The molecule has 0 radical (unpaired) electrons. The van der Waals surface area contributed by atoms with Crippen LogP contribution in [0.3, 0.4) is 0 Å². The van der Waals surface area contributed by atoms with E-state index in [2.05, 4.69) is 15.4 Å². The summed E-state index contributed by atoms with van der Waals surface area (Å²) in [7, 11) is -1.80. The molecular weight excluding hydrogens is 470 g/mol. The summed E-state index contributed by atoms with van der Waals surface area (Å²) in [5.41, 5.74) is 4.93. The third-order valence-corrected chi connectivity index (χ3v) is 6.61. The summed E-state index contributed by atoms with van der Waals surface area (Å²) in [4.78, 5) is 12.8. The van der Waals surface area contributed by atoms with Gasteiger partial charge in [0.25, 0.3) is 10.0 Å². The molecule has 0 saturated carbocycles. The summed E-state index contributed by atoms with van der Waals surface area (Å²) >= 11 is 0. The average Bonchev–Trinajstić information content (AvgIpc) is 3.23. The van der Waals surface area contributed by atoms with Crippen molar-refractivity contribution in [2.24, 2.45) is 5.73 Å². The molecule has 2 aromatic carbocycles. The number of ketones is 1. The van der Waals surface area contributed by atoms with E-state index in [0.29, 0.717) is 11.3 Å². The topological polar surface area (TPSA) is 132 Å². The molecule has 2 aliphatic rings. The molecule has 2 heterocycles. The standard InChI is InChI=1S/C22H20F2N4O5S/c1-32-12-3-6-17(33-2)18(8-12)34(30,31)28-16-5-4-15(23)19(20(16)24)21(29)14-10-27-22-13(14)7-11(25)9-26-22/h3-10,22,26-28H,25H2,1-2H3. The van der Waals surface area contributed by atoms with E-state index in [1.807, 2.05) is 0 Å². The molecule has 5 N–H and O–H groups in total. The lowest BCUT2D eigenvalue weighted by atomic mass is 9.95. The normalized spacial score (nSPS) is 16.8. The lowest BCUT2D eigenvalue weighted by Crippen LogP contribution is -2.37. The number of nitrogens with one attached hydrogen (secondary N) is 3. The van der Waals surface area contributed by atoms with Crippen molar-refractivity contribution in [3.63, 3.8) is 0 Å². The summed E-state index contributed by atoms with van der Waals surface area (Å²) in [6.45, 7) is 0. The van der Waals surface area contributed by atoms with E-state index < -0.39 is 44.9 Å². The van der Waals surface area contributed by atoms with Gasteiger partial charge in [-0.05, 0) is 30.3 Å². The molecule has 9 nitrogen and oxygen atoms in total. The van der Waals surface area contributed by atoms with E-state index in [4.69, 9.17) is 15.2 Å². The minimum Gasteiger partial charge on any atom is -0.497 e. The van der Waals surface area contributed by atoms with Gasteiger partial charge in [-0.15, -0.1) is 0 Å². The number of sulfonamides is 1. The van der Waals surface area contributed by atoms with Crippen molar-refractivity contribution in [1.29, 1.82) is 0 Å². The first-order valence-electron chi connectivity index (χ1n) is 9.83. The monoisotopic (exact) mass is 490 g/mol. The Labute approximate surface area is 194 Å². The van der Waals surface area contributed by atoms with Crippen LogP contribution in [-0.2, 0) is 10.0 Å². The van der Waals surface area contributed by atoms with Crippen LogP contribution in [0.5, 0.6) is 11.5 Å². The maximum Gasteiger partial charge on any atom is 0.265 e. The zero-order valence-electron chi connectivity index (χ0n) is 18.0. The first kappa shape index (κ1) is 23.1. The molecule has 0 amide bonds. The first-order valence-corrected chi connectivity index (χ1v) is 11.3. The molecule has 0 bridgehead atoms. The molecular formula is C22H20F2N4O5S. The molecule has 2 aromatic rings. The second kappa shape index (κ2) is 8.71. The SMILES string of the molecule is COc1ccc(OC)c(S(=O)(=O)Nc2ccc(F)c(C(=O)C3=CNC4NC=C(N)C=C34)c2F)c1. The number of Topliss-reactive ketones (excluding diaryl/α,β-unsaturated/α-hetero) is 1. The second-order valence-electron chi connectivity index (χ2n) is 7.30. The highest BCUT2D eigenvalue weighted by Crippen LogP contribution is 2.33. The van der Waals surface area contributed by atoms with Crippen molar-refractivity contribution in [3.8, 4) is 11.5 Å². The Morgan fingerprint density at radius 3 is 2.53 bits per heavy atom. The fourth-order valence-corrected chi connectivity index (χ4v) is 4.80. The van der Waals surface area contributed by atoms with Gasteiger partial charge in [0.2, 0.25) is 5.78 Å². The van der Waals surface area contributed by atoms with E-state index in [0.717, 1.165) is 12.1 Å². The number of ether oxygens (including phenoxy) is 2. The quantitative estimate of drug-likeness (QED) is 0.434. The number of allylic oxidation sites excluding steroid dienone is 1. The molecule has 0 aliphatic carbocycles. The number of hydrogen-bond donors (Lipinski definition) is 4. The molecule has 178 valence electrons. The number of benzene rings is 2. The molecule has 1 unspecified atom stereocenters. The molecule has 0 spiro atoms. The van der Waals surface area contributed by atoms with Crippen molar-refractivity contribution < 1.29 is 31.5 Å². The fourth-order valence-electron chi connectivity index (χ4n) is 3.56. The van der Waals surface area contributed by atoms with Crippen LogP contribution in [0.2, 0.25) is 0 Å². The molecule has 0 saturated heterocycles. The maximum atomic E-state index is 15.3. The van der Waals surface area contributed by atoms with E-state index in [-0.39, 0.29) is 22.0 Å². The summed E-state index contributed by atoms with van der Waals surface area (Å²) in [6, 6.07) is 5.73. The second-order valence-corrected chi connectivity index (χ2v) is 8.95. The van der Waals surface area contributed by atoms with Gasteiger partial charge < -0.3 is 25.8 Å². The third kappa shape index (κ3) is 4.03. The largest absolute Gasteiger partial charge is 0.497 e. The highest BCUT2D eigenvalue weighted by molar-refractivity contribution is 7.92. The van der Waals surface area contributed by atoms with Crippen LogP contribution < -0.4 is 30.6 Å². The smallest absolute Gasteiger partial charge is 0.265 e. The van der Waals surface area contributed by atoms with Gasteiger partial charge in [0, 0.05) is 35.3 Å². The zero-order chi connectivity index (χ0) is 24.6. The van der Waals surface area contributed by atoms with E-state index in [1.54, 1.807) is 0 Å². The van der Waals surface area contributed by atoms with Crippen LogP contribution in [0.1, 0.15) is 10.4 Å². The maximum absolute atomic E-state index is 15.3. The van der Waals surface area contributed by atoms with E-state index >= 15 is 4.39 Å². The number of anilines is 1. The van der Waals surface area contributed by atoms with Gasteiger partial charge in [-0.1, -0.05) is 0 Å². The number of fused-ring (bicyclic) bond motifs is 1. The number of carbonyl (C=O) groups excluding carboxylic acids is 1. The van der Waals surface area contributed by atoms with Crippen LogP contribution in [0, 0.1) is 11.6 Å². The Kier molecular flexibility index (Phi) is 5.92. The van der Waals surface area contributed by atoms with Crippen LogP contribution in [0.4, 0.5) is 14.5 Å².